The maximum Gasteiger partial charge on any atom is 0.0897 e. The zero-order valence-electron chi connectivity index (χ0n) is 13.2. The largest absolute Gasteiger partial charge is 0.378 e. The standard InChI is InChI=1S/C16H24N4S/c1-12-18-14(11-21-12)10-20(4)16(9-17)13-5-7-15(8-6-13)19(2)3/h5-8,11,16H,9-10,17H2,1-4H3. The Morgan fingerprint density at radius 2 is 1.86 bits per heavy atom. The summed E-state index contributed by atoms with van der Waals surface area (Å²) < 4.78 is 0. The predicted molar refractivity (Wildman–Crippen MR) is 90.9 cm³/mol. The minimum Gasteiger partial charge on any atom is -0.378 e. The van der Waals surface area contributed by atoms with Crippen LogP contribution in [0.3, 0.4) is 0 Å². The van der Waals surface area contributed by atoms with Crippen molar-refractivity contribution in [2.24, 2.45) is 5.73 Å². The number of benzene rings is 1. The summed E-state index contributed by atoms with van der Waals surface area (Å²) in [5.74, 6) is 0. The van der Waals surface area contributed by atoms with Crippen molar-refractivity contribution in [3.05, 3.63) is 45.9 Å². The molecular weight excluding hydrogens is 280 g/mol. The van der Waals surface area contributed by atoms with Crippen molar-refractivity contribution in [2.75, 3.05) is 32.6 Å². The molecule has 0 aliphatic rings. The molecule has 1 heterocycles. The summed E-state index contributed by atoms with van der Waals surface area (Å²) in [5.41, 5.74) is 9.56. The average Bonchev–Trinajstić information content (AvgIpc) is 2.85. The molecule has 21 heavy (non-hydrogen) atoms. The molecule has 1 atom stereocenters. The monoisotopic (exact) mass is 304 g/mol. The maximum atomic E-state index is 5.99. The molecule has 0 bridgehead atoms. The van der Waals surface area contributed by atoms with E-state index < -0.39 is 0 Å². The van der Waals surface area contributed by atoms with E-state index in [0.29, 0.717) is 6.54 Å². The molecule has 0 amide bonds. The van der Waals surface area contributed by atoms with Crippen molar-refractivity contribution >= 4 is 17.0 Å². The van der Waals surface area contributed by atoms with Crippen LogP contribution in [0, 0.1) is 6.92 Å². The first-order chi connectivity index (χ1) is 10.0. The molecule has 2 N–H and O–H groups in total. The molecular formula is C16H24N4S. The minimum atomic E-state index is 0.211. The minimum absolute atomic E-state index is 0.211. The van der Waals surface area contributed by atoms with Gasteiger partial charge in [-0.15, -0.1) is 11.3 Å². The molecule has 5 heteroatoms. The smallest absolute Gasteiger partial charge is 0.0897 e. The van der Waals surface area contributed by atoms with E-state index in [0.717, 1.165) is 17.2 Å². The Kier molecular flexibility index (Phi) is 5.33. The number of rotatable bonds is 6. The Hall–Kier alpha value is -1.43. The van der Waals surface area contributed by atoms with E-state index in [9.17, 15) is 0 Å². The number of nitrogens with zero attached hydrogens (tertiary/aromatic N) is 3. The molecule has 0 spiro atoms. The van der Waals surface area contributed by atoms with Crippen LogP contribution in [0.15, 0.2) is 29.6 Å². The van der Waals surface area contributed by atoms with Crippen molar-refractivity contribution in [3.63, 3.8) is 0 Å². The lowest BCUT2D eigenvalue weighted by Crippen LogP contribution is -2.30. The van der Waals surface area contributed by atoms with E-state index >= 15 is 0 Å². The van der Waals surface area contributed by atoms with Crippen LogP contribution in [0.4, 0.5) is 5.69 Å². The van der Waals surface area contributed by atoms with Gasteiger partial charge < -0.3 is 10.6 Å². The van der Waals surface area contributed by atoms with Crippen LogP contribution in [0.25, 0.3) is 0 Å². The van der Waals surface area contributed by atoms with Crippen LogP contribution in [-0.2, 0) is 6.54 Å². The third kappa shape index (κ3) is 4.03. The van der Waals surface area contributed by atoms with Gasteiger partial charge in [0.15, 0.2) is 0 Å². The highest BCUT2D eigenvalue weighted by atomic mass is 32.1. The van der Waals surface area contributed by atoms with Gasteiger partial charge >= 0.3 is 0 Å². The van der Waals surface area contributed by atoms with Gasteiger partial charge in [-0.2, -0.15) is 0 Å². The van der Waals surface area contributed by atoms with Gasteiger partial charge in [-0.1, -0.05) is 12.1 Å². The summed E-state index contributed by atoms with van der Waals surface area (Å²) in [6.45, 7) is 3.46. The van der Waals surface area contributed by atoms with Crippen LogP contribution >= 0.6 is 11.3 Å². The molecule has 0 saturated carbocycles. The summed E-state index contributed by atoms with van der Waals surface area (Å²) in [7, 11) is 6.20. The van der Waals surface area contributed by atoms with Crippen LogP contribution < -0.4 is 10.6 Å². The Labute approximate surface area is 131 Å². The first-order valence-electron chi connectivity index (χ1n) is 7.10. The van der Waals surface area contributed by atoms with E-state index in [2.05, 4.69) is 51.5 Å². The number of nitrogens with two attached hydrogens (primary N) is 1. The number of aryl methyl sites for hydroxylation is 1. The van der Waals surface area contributed by atoms with Crippen LogP contribution in [0.2, 0.25) is 0 Å². The highest BCUT2D eigenvalue weighted by Crippen LogP contribution is 2.23. The second-order valence-corrected chi connectivity index (χ2v) is 6.57. The number of thiazole rings is 1. The zero-order chi connectivity index (χ0) is 15.4. The number of hydrogen-bond acceptors (Lipinski definition) is 5. The van der Waals surface area contributed by atoms with E-state index in [1.165, 1.54) is 11.3 Å². The highest BCUT2D eigenvalue weighted by Gasteiger charge is 2.16. The summed E-state index contributed by atoms with van der Waals surface area (Å²) in [5, 5.41) is 3.23. The van der Waals surface area contributed by atoms with Gasteiger partial charge in [0.25, 0.3) is 0 Å². The fourth-order valence-corrected chi connectivity index (χ4v) is 3.02. The van der Waals surface area contributed by atoms with Gasteiger partial charge in [0.1, 0.15) is 0 Å². The maximum absolute atomic E-state index is 5.99. The quantitative estimate of drug-likeness (QED) is 0.891. The normalized spacial score (nSPS) is 12.7. The summed E-state index contributed by atoms with van der Waals surface area (Å²) in [6.07, 6.45) is 0. The third-order valence-corrected chi connectivity index (χ3v) is 4.45. The van der Waals surface area contributed by atoms with E-state index in [4.69, 9.17) is 5.73 Å². The summed E-state index contributed by atoms with van der Waals surface area (Å²) in [4.78, 5) is 8.89. The van der Waals surface area contributed by atoms with Crippen molar-refractivity contribution in [1.29, 1.82) is 0 Å². The Balaban J connectivity index is 2.10. The van der Waals surface area contributed by atoms with Crippen molar-refractivity contribution in [1.82, 2.24) is 9.88 Å². The highest BCUT2D eigenvalue weighted by molar-refractivity contribution is 7.09. The molecule has 0 aliphatic carbocycles. The van der Waals surface area contributed by atoms with Gasteiger partial charge in [0, 0.05) is 44.3 Å². The van der Waals surface area contributed by atoms with Crippen LogP contribution in [-0.4, -0.2) is 37.6 Å². The molecule has 1 aromatic heterocycles. The summed E-state index contributed by atoms with van der Waals surface area (Å²) >= 11 is 1.69. The Morgan fingerprint density at radius 3 is 2.33 bits per heavy atom. The Bertz CT molecular complexity index is 562. The Morgan fingerprint density at radius 1 is 1.19 bits per heavy atom. The van der Waals surface area contributed by atoms with E-state index in [1.807, 2.05) is 21.0 Å². The number of hydrogen-bond donors (Lipinski definition) is 1. The number of likely N-dealkylation sites (N-methyl/N-ethyl adjacent to an activating group) is 1. The molecule has 0 aliphatic heterocycles. The van der Waals surface area contributed by atoms with Crippen molar-refractivity contribution < 1.29 is 0 Å². The predicted octanol–water partition coefficient (Wildman–Crippen LogP) is 2.65. The SMILES string of the molecule is Cc1nc(CN(C)C(CN)c2ccc(N(C)C)cc2)cs1. The van der Waals surface area contributed by atoms with Gasteiger partial charge in [-0.05, 0) is 31.7 Å². The second kappa shape index (κ2) is 7.02. The first kappa shape index (κ1) is 15.9. The molecule has 1 aromatic carbocycles. The molecule has 0 saturated heterocycles. The van der Waals surface area contributed by atoms with E-state index in [1.54, 1.807) is 11.3 Å². The molecule has 0 radical (unpaired) electrons. The lowest BCUT2D eigenvalue weighted by Gasteiger charge is -2.27. The molecule has 0 fully saturated rings. The van der Waals surface area contributed by atoms with Gasteiger partial charge in [-0.25, -0.2) is 4.98 Å². The summed E-state index contributed by atoms with van der Waals surface area (Å²) in [6, 6.07) is 8.81. The third-order valence-electron chi connectivity index (χ3n) is 3.63. The van der Waals surface area contributed by atoms with Crippen molar-refractivity contribution in [3.8, 4) is 0 Å². The molecule has 114 valence electrons. The number of aromatic nitrogens is 1. The van der Waals surface area contributed by atoms with Gasteiger partial charge in [-0.3, -0.25) is 4.90 Å². The molecule has 2 aromatic rings. The fraction of sp³-hybridized carbons (Fsp3) is 0.438. The zero-order valence-corrected chi connectivity index (χ0v) is 14.0. The van der Waals surface area contributed by atoms with Crippen LogP contribution in [0.1, 0.15) is 22.3 Å². The van der Waals surface area contributed by atoms with Crippen molar-refractivity contribution in [2.45, 2.75) is 19.5 Å². The molecule has 2 rings (SSSR count). The topological polar surface area (TPSA) is 45.4 Å². The first-order valence-corrected chi connectivity index (χ1v) is 7.98. The van der Waals surface area contributed by atoms with Gasteiger partial charge in [0.05, 0.1) is 10.7 Å². The second-order valence-electron chi connectivity index (χ2n) is 5.51. The fourth-order valence-electron chi connectivity index (χ4n) is 2.41. The lowest BCUT2D eigenvalue weighted by atomic mass is 10.0. The molecule has 1 unspecified atom stereocenters. The van der Waals surface area contributed by atoms with Crippen LogP contribution in [0.5, 0.6) is 0 Å². The average molecular weight is 304 g/mol. The van der Waals surface area contributed by atoms with Gasteiger partial charge in [0.2, 0.25) is 0 Å². The number of anilines is 1. The van der Waals surface area contributed by atoms with E-state index in [-0.39, 0.29) is 6.04 Å². The molecule has 4 nitrogen and oxygen atoms in total. The lowest BCUT2D eigenvalue weighted by molar-refractivity contribution is 0.239.